The summed E-state index contributed by atoms with van der Waals surface area (Å²) in [5.41, 5.74) is 4.22. The van der Waals surface area contributed by atoms with E-state index in [4.69, 9.17) is 0 Å². The number of anilines is 2. The summed E-state index contributed by atoms with van der Waals surface area (Å²) in [5, 5.41) is 7.42. The molecule has 0 aliphatic rings. The van der Waals surface area contributed by atoms with Crippen LogP contribution >= 0.6 is 11.8 Å². The van der Waals surface area contributed by atoms with E-state index in [1.807, 2.05) is 44.4 Å². The van der Waals surface area contributed by atoms with E-state index in [9.17, 15) is 4.79 Å². The monoisotopic (exact) mass is 434 g/mol. The van der Waals surface area contributed by atoms with Crippen molar-refractivity contribution in [2.75, 3.05) is 30.1 Å². The Bertz CT molecular complexity index is 1130. The molecule has 1 amide bonds. The minimum Gasteiger partial charge on any atom is -0.378 e. The second-order valence-corrected chi connectivity index (χ2v) is 8.90. The molecule has 1 atom stereocenters. The molecule has 0 saturated carbocycles. The first-order valence-corrected chi connectivity index (χ1v) is 11.2. The third-order valence-electron chi connectivity index (χ3n) is 5.03. The molecule has 0 aliphatic carbocycles. The van der Waals surface area contributed by atoms with E-state index in [1.165, 1.54) is 0 Å². The Morgan fingerprint density at radius 1 is 1.16 bits per heavy atom. The maximum Gasteiger partial charge on any atom is 0.235 e. The number of carbonyl (C=O) groups excluding carboxylic acids is 1. The summed E-state index contributed by atoms with van der Waals surface area (Å²) in [4.78, 5) is 22.5. The van der Waals surface area contributed by atoms with Crippen molar-refractivity contribution in [3.8, 4) is 0 Å². The van der Waals surface area contributed by atoms with Crippen LogP contribution in [0.1, 0.15) is 23.6 Å². The molecule has 31 heavy (non-hydrogen) atoms. The molecule has 2 aromatic heterocycles. The zero-order valence-corrected chi connectivity index (χ0v) is 18.7. The Morgan fingerprint density at radius 2 is 1.94 bits per heavy atom. The number of amides is 1. The van der Waals surface area contributed by atoms with E-state index in [2.05, 4.69) is 56.5 Å². The van der Waals surface area contributed by atoms with Crippen LogP contribution in [-0.2, 0) is 11.3 Å². The smallest absolute Gasteiger partial charge is 0.235 e. The minimum atomic E-state index is -0.0577. The number of benzene rings is 2. The van der Waals surface area contributed by atoms with Crippen LogP contribution in [-0.4, -0.2) is 45.5 Å². The number of nitrogens with one attached hydrogen (secondary N) is 2. The number of fused-ring (bicyclic) bond motifs is 1. The molecule has 0 bridgehead atoms. The second kappa shape index (κ2) is 9.26. The molecular weight excluding hydrogens is 408 g/mol. The Hall–Kier alpha value is -3.26. The molecule has 0 aliphatic heterocycles. The lowest BCUT2D eigenvalue weighted by Crippen LogP contribution is -2.18. The van der Waals surface area contributed by atoms with Gasteiger partial charge in [-0.15, -0.1) is 11.8 Å². The van der Waals surface area contributed by atoms with Crippen LogP contribution in [0.2, 0.25) is 0 Å². The van der Waals surface area contributed by atoms with Crippen molar-refractivity contribution in [3.63, 3.8) is 0 Å². The van der Waals surface area contributed by atoms with Gasteiger partial charge >= 0.3 is 0 Å². The largest absolute Gasteiger partial charge is 0.378 e. The number of aromatic nitrogens is 4. The highest BCUT2D eigenvalue weighted by atomic mass is 32.2. The number of aromatic amines is 1. The number of hydrogen-bond donors (Lipinski definition) is 2. The molecule has 7 nitrogen and oxygen atoms in total. The first kappa shape index (κ1) is 21.0. The summed E-state index contributed by atoms with van der Waals surface area (Å²) in [6.45, 7) is 2.65. The van der Waals surface area contributed by atoms with Gasteiger partial charge in [-0.3, -0.25) is 4.79 Å². The molecule has 8 heteroatoms. The normalized spacial score (nSPS) is 12.1. The first-order chi connectivity index (χ1) is 15.0. The Morgan fingerprint density at radius 3 is 2.68 bits per heavy atom. The molecule has 4 rings (SSSR count). The maximum absolute atomic E-state index is 12.5. The van der Waals surface area contributed by atoms with Crippen LogP contribution in [0, 0.1) is 0 Å². The Kier molecular flexibility index (Phi) is 6.27. The first-order valence-electron chi connectivity index (χ1n) is 10.1. The second-order valence-electron chi connectivity index (χ2n) is 7.58. The fourth-order valence-corrected chi connectivity index (χ4v) is 4.00. The SMILES string of the molecule is CC(SCC(=O)Nc1ccnn1Cc1ccc(N(C)C)cc1)c1nc2ccccc2[nH]1. The van der Waals surface area contributed by atoms with Crippen LogP contribution in [0.15, 0.2) is 60.8 Å². The van der Waals surface area contributed by atoms with Crippen LogP contribution in [0.4, 0.5) is 11.5 Å². The Labute approximate surface area is 185 Å². The van der Waals surface area contributed by atoms with E-state index in [1.54, 1.807) is 22.6 Å². The molecule has 0 saturated heterocycles. The third kappa shape index (κ3) is 5.08. The van der Waals surface area contributed by atoms with Crippen molar-refractivity contribution >= 4 is 40.2 Å². The highest BCUT2D eigenvalue weighted by Crippen LogP contribution is 2.27. The fourth-order valence-electron chi connectivity index (χ4n) is 3.26. The predicted octanol–water partition coefficient (Wildman–Crippen LogP) is 4.31. The van der Waals surface area contributed by atoms with Gasteiger partial charge in [0.15, 0.2) is 0 Å². The van der Waals surface area contributed by atoms with Crippen LogP contribution in [0.3, 0.4) is 0 Å². The highest BCUT2D eigenvalue weighted by molar-refractivity contribution is 8.00. The van der Waals surface area contributed by atoms with Crippen LogP contribution in [0.25, 0.3) is 11.0 Å². The van der Waals surface area contributed by atoms with Gasteiger partial charge in [-0.25, -0.2) is 9.67 Å². The predicted molar refractivity (Wildman–Crippen MR) is 128 cm³/mol. The Balaban J connectivity index is 1.33. The van der Waals surface area contributed by atoms with Gasteiger partial charge in [0, 0.05) is 25.8 Å². The van der Waals surface area contributed by atoms with Gasteiger partial charge in [0.2, 0.25) is 5.91 Å². The summed E-state index contributed by atoms with van der Waals surface area (Å²) in [6, 6.07) is 18.1. The van der Waals surface area contributed by atoms with E-state index < -0.39 is 0 Å². The molecule has 2 heterocycles. The number of rotatable bonds is 8. The third-order valence-corrected chi connectivity index (χ3v) is 6.18. The molecule has 0 radical (unpaired) electrons. The van der Waals surface area contributed by atoms with Gasteiger partial charge in [-0.2, -0.15) is 5.10 Å². The van der Waals surface area contributed by atoms with Gasteiger partial charge in [-0.05, 0) is 36.8 Å². The zero-order valence-electron chi connectivity index (χ0n) is 17.9. The number of hydrogen-bond acceptors (Lipinski definition) is 5. The van der Waals surface area contributed by atoms with E-state index >= 15 is 0 Å². The van der Waals surface area contributed by atoms with E-state index in [-0.39, 0.29) is 11.2 Å². The van der Waals surface area contributed by atoms with E-state index in [0.717, 1.165) is 28.1 Å². The molecule has 2 aromatic carbocycles. The minimum absolute atomic E-state index is 0.0577. The molecule has 2 N–H and O–H groups in total. The van der Waals surface area contributed by atoms with Crippen molar-refractivity contribution in [2.45, 2.75) is 18.7 Å². The number of para-hydroxylation sites is 2. The van der Waals surface area contributed by atoms with Crippen molar-refractivity contribution in [1.82, 2.24) is 19.7 Å². The summed E-state index contributed by atoms with van der Waals surface area (Å²) >= 11 is 1.55. The van der Waals surface area contributed by atoms with Crippen molar-refractivity contribution < 1.29 is 4.79 Å². The number of thioether (sulfide) groups is 1. The van der Waals surface area contributed by atoms with Gasteiger partial charge in [0.1, 0.15) is 11.6 Å². The van der Waals surface area contributed by atoms with Crippen molar-refractivity contribution in [2.24, 2.45) is 0 Å². The molecular formula is C23H26N6OS. The fraction of sp³-hybridized carbons (Fsp3) is 0.261. The van der Waals surface area contributed by atoms with Crippen LogP contribution < -0.4 is 10.2 Å². The lowest BCUT2D eigenvalue weighted by Gasteiger charge is -2.13. The van der Waals surface area contributed by atoms with Gasteiger partial charge in [0.25, 0.3) is 0 Å². The molecule has 0 fully saturated rings. The average Bonchev–Trinajstić information content (AvgIpc) is 3.39. The standard InChI is InChI=1S/C23H26N6OS/c1-16(23-25-19-6-4-5-7-20(19)26-23)31-15-22(30)27-21-12-13-24-29(21)14-17-8-10-18(11-9-17)28(2)3/h4-13,16H,14-15H2,1-3H3,(H,25,26)(H,27,30). The van der Waals surface area contributed by atoms with Crippen LogP contribution in [0.5, 0.6) is 0 Å². The lowest BCUT2D eigenvalue weighted by molar-refractivity contribution is -0.113. The number of imidazole rings is 1. The number of carbonyl (C=O) groups is 1. The topological polar surface area (TPSA) is 78.8 Å². The summed E-state index contributed by atoms with van der Waals surface area (Å²) in [6.07, 6.45) is 1.70. The molecule has 0 spiro atoms. The van der Waals surface area contributed by atoms with E-state index in [0.29, 0.717) is 18.1 Å². The van der Waals surface area contributed by atoms with Gasteiger partial charge in [-0.1, -0.05) is 24.3 Å². The average molecular weight is 435 g/mol. The quantitative estimate of drug-likeness (QED) is 0.432. The molecule has 1 unspecified atom stereocenters. The molecule has 160 valence electrons. The summed E-state index contributed by atoms with van der Waals surface area (Å²) in [7, 11) is 4.03. The van der Waals surface area contributed by atoms with Crippen molar-refractivity contribution in [1.29, 1.82) is 0 Å². The zero-order chi connectivity index (χ0) is 21.8. The number of nitrogens with zero attached hydrogens (tertiary/aromatic N) is 4. The maximum atomic E-state index is 12.5. The van der Waals surface area contributed by atoms with Gasteiger partial charge in [0.05, 0.1) is 34.8 Å². The lowest BCUT2D eigenvalue weighted by atomic mass is 10.2. The van der Waals surface area contributed by atoms with Crippen molar-refractivity contribution in [3.05, 3.63) is 72.2 Å². The molecule has 4 aromatic rings. The number of H-pyrrole nitrogens is 1. The summed E-state index contributed by atoms with van der Waals surface area (Å²) < 4.78 is 1.80. The van der Waals surface area contributed by atoms with Gasteiger partial charge < -0.3 is 15.2 Å². The highest BCUT2D eigenvalue weighted by Gasteiger charge is 2.14. The summed E-state index contributed by atoms with van der Waals surface area (Å²) in [5.74, 6) is 1.85.